The van der Waals surface area contributed by atoms with E-state index in [-0.39, 0.29) is 16.9 Å². The Morgan fingerprint density at radius 3 is 2.59 bits per heavy atom. The van der Waals surface area contributed by atoms with Crippen LogP contribution in [-0.2, 0) is 0 Å². The molecule has 0 fully saturated rings. The van der Waals surface area contributed by atoms with E-state index < -0.39 is 10.8 Å². The van der Waals surface area contributed by atoms with E-state index in [1.54, 1.807) is 14.1 Å². The zero-order chi connectivity index (χ0) is 13.0. The van der Waals surface area contributed by atoms with Crippen LogP contribution in [0.1, 0.15) is 10.4 Å². The van der Waals surface area contributed by atoms with Crippen LogP contribution in [0, 0.1) is 10.1 Å². The Kier molecular flexibility index (Phi) is 3.96. The molecule has 0 saturated carbocycles. The minimum Gasteiger partial charge on any atom is -0.318 e. The average Bonchev–Trinajstić information content (AvgIpc) is 2.26. The molecule has 0 saturated heterocycles. The summed E-state index contributed by atoms with van der Waals surface area (Å²) >= 11 is 0. The number of nitrogen functional groups attached to an aromatic ring is 1. The van der Waals surface area contributed by atoms with Gasteiger partial charge in [-0.2, -0.15) is 0 Å². The van der Waals surface area contributed by atoms with Crippen molar-refractivity contribution in [3.63, 3.8) is 0 Å². The standard InChI is InChI=1S/C9H13N5O3/c1-13(2)12-9(15)6-4-3-5-7(14(16)17)8(6)11-10/h3-5,11H,10H2,1-2H3,(H,12,15). The predicted octanol–water partition coefficient (Wildman–Crippen LogP) is 0.0868. The number of nitrogens with one attached hydrogen (secondary N) is 2. The first-order valence-corrected chi connectivity index (χ1v) is 4.69. The lowest BCUT2D eigenvalue weighted by Gasteiger charge is -2.13. The van der Waals surface area contributed by atoms with Crippen molar-refractivity contribution in [3.05, 3.63) is 33.9 Å². The molecule has 0 radical (unpaired) electrons. The highest BCUT2D eigenvalue weighted by molar-refractivity contribution is 6.01. The smallest absolute Gasteiger partial charge is 0.294 e. The van der Waals surface area contributed by atoms with Crippen molar-refractivity contribution >= 4 is 17.3 Å². The van der Waals surface area contributed by atoms with Crippen LogP contribution in [0.5, 0.6) is 0 Å². The molecule has 0 spiro atoms. The number of rotatable bonds is 4. The molecule has 0 aromatic heterocycles. The number of hydrazine groups is 2. The minimum absolute atomic E-state index is 0.0168. The maximum atomic E-state index is 11.7. The van der Waals surface area contributed by atoms with E-state index in [1.165, 1.54) is 23.2 Å². The van der Waals surface area contributed by atoms with Crippen molar-refractivity contribution < 1.29 is 9.72 Å². The first-order chi connectivity index (χ1) is 7.97. The summed E-state index contributed by atoms with van der Waals surface area (Å²) in [5, 5.41) is 12.2. The summed E-state index contributed by atoms with van der Waals surface area (Å²) in [5.41, 5.74) is 4.49. The number of amides is 1. The van der Waals surface area contributed by atoms with Gasteiger partial charge >= 0.3 is 0 Å². The van der Waals surface area contributed by atoms with Crippen LogP contribution in [0.25, 0.3) is 0 Å². The van der Waals surface area contributed by atoms with Crippen molar-refractivity contribution in [2.24, 2.45) is 5.84 Å². The Morgan fingerprint density at radius 1 is 1.47 bits per heavy atom. The molecule has 8 heteroatoms. The zero-order valence-electron chi connectivity index (χ0n) is 9.43. The highest BCUT2D eigenvalue weighted by Gasteiger charge is 2.20. The predicted molar refractivity (Wildman–Crippen MR) is 62.1 cm³/mol. The molecule has 17 heavy (non-hydrogen) atoms. The van der Waals surface area contributed by atoms with Crippen LogP contribution in [0.4, 0.5) is 11.4 Å². The maximum Gasteiger partial charge on any atom is 0.294 e. The molecule has 1 rings (SSSR count). The third-order valence-electron chi connectivity index (χ3n) is 1.95. The lowest BCUT2D eigenvalue weighted by atomic mass is 10.1. The lowest BCUT2D eigenvalue weighted by Crippen LogP contribution is -2.36. The van der Waals surface area contributed by atoms with Gasteiger partial charge in [-0.1, -0.05) is 6.07 Å². The molecule has 0 aliphatic carbocycles. The summed E-state index contributed by atoms with van der Waals surface area (Å²) in [6.07, 6.45) is 0. The first-order valence-electron chi connectivity index (χ1n) is 4.69. The molecule has 1 aromatic carbocycles. The van der Waals surface area contributed by atoms with Gasteiger partial charge in [-0.15, -0.1) is 0 Å². The van der Waals surface area contributed by atoms with E-state index >= 15 is 0 Å². The van der Waals surface area contributed by atoms with Crippen molar-refractivity contribution in [1.82, 2.24) is 10.4 Å². The maximum absolute atomic E-state index is 11.7. The minimum atomic E-state index is -0.609. The van der Waals surface area contributed by atoms with E-state index in [9.17, 15) is 14.9 Å². The van der Waals surface area contributed by atoms with E-state index in [1.807, 2.05) is 0 Å². The Hall–Kier alpha value is -2.19. The Labute approximate surface area is 97.5 Å². The third-order valence-corrected chi connectivity index (χ3v) is 1.95. The Bertz CT molecular complexity index is 446. The van der Waals surface area contributed by atoms with Crippen molar-refractivity contribution in [3.8, 4) is 0 Å². The zero-order valence-corrected chi connectivity index (χ0v) is 9.43. The van der Waals surface area contributed by atoms with Gasteiger partial charge in [0, 0.05) is 20.2 Å². The molecule has 0 aliphatic heterocycles. The first kappa shape index (κ1) is 12.9. The number of nitro benzene ring substituents is 1. The topological polar surface area (TPSA) is 114 Å². The lowest BCUT2D eigenvalue weighted by molar-refractivity contribution is -0.384. The number of anilines is 1. The van der Waals surface area contributed by atoms with Crippen LogP contribution in [0.15, 0.2) is 18.2 Å². The fourth-order valence-electron chi connectivity index (χ4n) is 1.30. The second kappa shape index (κ2) is 5.23. The van der Waals surface area contributed by atoms with Crippen molar-refractivity contribution in [2.75, 3.05) is 19.5 Å². The molecule has 8 nitrogen and oxygen atoms in total. The number of carbonyl (C=O) groups excluding carboxylic acids is 1. The molecule has 0 atom stereocenters. The Morgan fingerprint density at radius 2 is 2.12 bits per heavy atom. The molecule has 1 aromatic rings. The van der Waals surface area contributed by atoms with Gasteiger partial charge < -0.3 is 5.43 Å². The number of nitrogens with two attached hydrogens (primary N) is 1. The van der Waals surface area contributed by atoms with Gasteiger partial charge in [0.1, 0.15) is 5.69 Å². The van der Waals surface area contributed by atoms with Crippen LogP contribution in [0.3, 0.4) is 0 Å². The molecular formula is C9H13N5O3. The molecule has 0 unspecified atom stereocenters. The van der Waals surface area contributed by atoms with Crippen LogP contribution in [0.2, 0.25) is 0 Å². The average molecular weight is 239 g/mol. The van der Waals surface area contributed by atoms with Crippen molar-refractivity contribution in [2.45, 2.75) is 0 Å². The van der Waals surface area contributed by atoms with Gasteiger partial charge in [-0.3, -0.25) is 26.2 Å². The van der Waals surface area contributed by atoms with E-state index in [4.69, 9.17) is 5.84 Å². The fourth-order valence-corrected chi connectivity index (χ4v) is 1.30. The second-order valence-electron chi connectivity index (χ2n) is 3.44. The molecule has 0 bridgehead atoms. The number of hydrogen-bond donors (Lipinski definition) is 3. The highest BCUT2D eigenvalue weighted by atomic mass is 16.6. The summed E-state index contributed by atoms with van der Waals surface area (Å²) in [4.78, 5) is 21.9. The van der Waals surface area contributed by atoms with Gasteiger partial charge in [0.05, 0.1) is 10.5 Å². The summed E-state index contributed by atoms with van der Waals surface area (Å²) in [5.74, 6) is 4.73. The van der Waals surface area contributed by atoms with E-state index in [0.29, 0.717) is 0 Å². The van der Waals surface area contributed by atoms with E-state index in [2.05, 4.69) is 10.9 Å². The number of nitrogens with zero attached hydrogens (tertiary/aromatic N) is 2. The highest BCUT2D eigenvalue weighted by Crippen LogP contribution is 2.27. The number of benzene rings is 1. The molecule has 0 heterocycles. The second-order valence-corrected chi connectivity index (χ2v) is 3.44. The molecule has 0 aliphatic rings. The summed E-state index contributed by atoms with van der Waals surface area (Å²) < 4.78 is 0. The van der Waals surface area contributed by atoms with Gasteiger partial charge in [0.2, 0.25) is 0 Å². The van der Waals surface area contributed by atoms with Crippen LogP contribution >= 0.6 is 0 Å². The molecule has 1 amide bonds. The summed E-state index contributed by atoms with van der Waals surface area (Å²) in [6.45, 7) is 0. The number of carbonyl (C=O) groups is 1. The Balaban J connectivity index is 3.20. The van der Waals surface area contributed by atoms with Gasteiger partial charge in [0.25, 0.3) is 11.6 Å². The van der Waals surface area contributed by atoms with Crippen LogP contribution < -0.4 is 16.7 Å². The number of nitro groups is 1. The van der Waals surface area contributed by atoms with Gasteiger partial charge in [0.15, 0.2) is 0 Å². The summed E-state index contributed by atoms with van der Waals surface area (Å²) in [6, 6.07) is 4.13. The van der Waals surface area contributed by atoms with Gasteiger partial charge in [-0.25, -0.2) is 5.01 Å². The summed E-state index contributed by atoms with van der Waals surface area (Å²) in [7, 11) is 3.26. The SMILES string of the molecule is CN(C)NC(=O)c1cccc([N+](=O)[O-])c1NN. The monoisotopic (exact) mass is 239 g/mol. The molecular weight excluding hydrogens is 226 g/mol. The quantitative estimate of drug-likeness (QED) is 0.389. The third kappa shape index (κ3) is 2.89. The van der Waals surface area contributed by atoms with E-state index in [0.717, 1.165) is 0 Å². The molecule has 92 valence electrons. The largest absolute Gasteiger partial charge is 0.318 e. The molecule has 4 N–H and O–H groups in total. The van der Waals surface area contributed by atoms with Crippen LogP contribution in [-0.4, -0.2) is 29.9 Å². The number of hydrogen-bond acceptors (Lipinski definition) is 6. The fraction of sp³-hybridized carbons (Fsp3) is 0.222. The number of para-hydroxylation sites is 1. The normalized spacial score (nSPS) is 10.1. The van der Waals surface area contributed by atoms with Crippen molar-refractivity contribution in [1.29, 1.82) is 0 Å². The van der Waals surface area contributed by atoms with Gasteiger partial charge in [-0.05, 0) is 6.07 Å².